The van der Waals surface area contributed by atoms with Crippen LogP contribution in [-0.2, 0) is 4.74 Å². The van der Waals surface area contributed by atoms with Crippen molar-refractivity contribution < 1.29 is 4.74 Å². The highest BCUT2D eigenvalue weighted by Gasteiger charge is 2.31. The molecule has 1 saturated heterocycles. The number of aliphatic imine (C=N–C) groups is 1. The third-order valence-corrected chi connectivity index (χ3v) is 5.36. The van der Waals surface area contributed by atoms with E-state index in [4.69, 9.17) is 9.73 Å². The molecular weight excluding hydrogens is 282 g/mol. The van der Waals surface area contributed by atoms with E-state index in [-0.39, 0.29) is 4.75 Å². The summed E-state index contributed by atoms with van der Waals surface area (Å²) in [4.78, 5) is 7.11. The molecule has 0 aliphatic carbocycles. The van der Waals surface area contributed by atoms with Crippen molar-refractivity contribution in [1.29, 1.82) is 0 Å². The van der Waals surface area contributed by atoms with Crippen molar-refractivity contribution >= 4 is 17.7 Å². The standard InChI is InChI=1S/C16H31N3OS/c1-5-7-8-11-19(3)15(17-6-2)18-14-16(21-4)9-12-20-13-10-16/h5H,1,6-14H2,2-4H3,(H,17,18). The van der Waals surface area contributed by atoms with Crippen LogP contribution in [0.4, 0.5) is 0 Å². The van der Waals surface area contributed by atoms with Crippen molar-refractivity contribution in [2.45, 2.75) is 37.4 Å². The number of hydrogen-bond acceptors (Lipinski definition) is 3. The van der Waals surface area contributed by atoms with Crippen LogP contribution in [0.2, 0.25) is 0 Å². The minimum absolute atomic E-state index is 0.251. The number of guanidine groups is 1. The third kappa shape index (κ3) is 6.30. The van der Waals surface area contributed by atoms with Gasteiger partial charge >= 0.3 is 0 Å². The average molecular weight is 314 g/mol. The number of thioether (sulfide) groups is 1. The molecule has 0 spiro atoms. The SMILES string of the molecule is C=CCCCN(C)C(=NCC1(SC)CCOCC1)NCC. The van der Waals surface area contributed by atoms with Gasteiger partial charge in [0.15, 0.2) is 5.96 Å². The molecule has 1 rings (SSSR count). The first-order chi connectivity index (χ1) is 10.2. The summed E-state index contributed by atoms with van der Waals surface area (Å²) < 4.78 is 5.75. The van der Waals surface area contributed by atoms with Gasteiger partial charge in [-0.15, -0.1) is 6.58 Å². The van der Waals surface area contributed by atoms with Crippen LogP contribution < -0.4 is 5.32 Å². The zero-order chi connectivity index (χ0) is 15.6. The molecule has 1 aliphatic heterocycles. The molecule has 0 atom stereocenters. The molecule has 1 heterocycles. The Morgan fingerprint density at radius 3 is 2.76 bits per heavy atom. The smallest absolute Gasteiger partial charge is 0.193 e. The highest BCUT2D eigenvalue weighted by molar-refractivity contribution is 8.00. The van der Waals surface area contributed by atoms with Crippen molar-refractivity contribution in [2.24, 2.45) is 4.99 Å². The molecule has 21 heavy (non-hydrogen) atoms. The first-order valence-corrected chi connectivity index (χ1v) is 9.13. The van der Waals surface area contributed by atoms with E-state index in [1.54, 1.807) is 0 Å². The number of allylic oxidation sites excluding steroid dienone is 1. The molecule has 0 aromatic rings. The quantitative estimate of drug-likeness (QED) is 0.324. The maximum Gasteiger partial charge on any atom is 0.193 e. The second-order valence-electron chi connectivity index (χ2n) is 5.52. The number of nitrogens with zero attached hydrogens (tertiary/aromatic N) is 2. The van der Waals surface area contributed by atoms with Gasteiger partial charge in [0.1, 0.15) is 0 Å². The Hall–Kier alpha value is -0.680. The molecule has 0 unspecified atom stereocenters. The summed E-state index contributed by atoms with van der Waals surface area (Å²) in [6, 6.07) is 0. The molecule has 0 aromatic heterocycles. The van der Waals surface area contributed by atoms with Gasteiger partial charge in [-0.25, -0.2) is 0 Å². The molecule has 1 fully saturated rings. The Labute approximate surface area is 134 Å². The molecule has 0 bridgehead atoms. The molecule has 0 aromatic carbocycles. The van der Waals surface area contributed by atoms with E-state index in [0.29, 0.717) is 0 Å². The highest BCUT2D eigenvalue weighted by atomic mass is 32.2. The molecule has 0 saturated carbocycles. The van der Waals surface area contributed by atoms with E-state index in [1.165, 1.54) is 0 Å². The number of ether oxygens (including phenoxy) is 1. The average Bonchev–Trinajstić information content (AvgIpc) is 2.52. The van der Waals surface area contributed by atoms with Crippen LogP contribution in [0.5, 0.6) is 0 Å². The van der Waals surface area contributed by atoms with Gasteiger partial charge in [-0.2, -0.15) is 11.8 Å². The summed E-state index contributed by atoms with van der Waals surface area (Å²) in [5, 5.41) is 3.40. The Morgan fingerprint density at radius 1 is 1.48 bits per heavy atom. The Balaban J connectivity index is 2.62. The maximum absolute atomic E-state index is 5.50. The monoisotopic (exact) mass is 313 g/mol. The Morgan fingerprint density at radius 2 is 2.19 bits per heavy atom. The van der Waals surface area contributed by atoms with Gasteiger partial charge in [0.25, 0.3) is 0 Å². The fourth-order valence-corrected chi connectivity index (χ4v) is 3.21. The first kappa shape index (κ1) is 18.4. The van der Waals surface area contributed by atoms with Crippen LogP contribution in [0.1, 0.15) is 32.6 Å². The third-order valence-electron chi connectivity index (χ3n) is 3.95. The lowest BCUT2D eigenvalue weighted by atomic mass is 9.99. The van der Waals surface area contributed by atoms with Gasteiger partial charge in [0, 0.05) is 38.1 Å². The van der Waals surface area contributed by atoms with Crippen molar-refractivity contribution in [2.75, 3.05) is 46.2 Å². The maximum atomic E-state index is 5.50. The van der Waals surface area contributed by atoms with Gasteiger partial charge in [-0.1, -0.05) is 6.08 Å². The number of nitrogens with one attached hydrogen (secondary N) is 1. The van der Waals surface area contributed by atoms with E-state index in [1.807, 2.05) is 17.8 Å². The van der Waals surface area contributed by atoms with Crippen LogP contribution in [-0.4, -0.2) is 61.8 Å². The lowest BCUT2D eigenvalue weighted by molar-refractivity contribution is 0.0793. The second-order valence-corrected chi connectivity index (χ2v) is 6.80. The van der Waals surface area contributed by atoms with E-state index < -0.39 is 0 Å². The lowest BCUT2D eigenvalue weighted by Crippen LogP contribution is -2.42. The molecule has 0 amide bonds. The van der Waals surface area contributed by atoms with Gasteiger partial charge in [-0.05, 0) is 38.9 Å². The van der Waals surface area contributed by atoms with E-state index in [9.17, 15) is 0 Å². The topological polar surface area (TPSA) is 36.9 Å². The molecule has 4 nitrogen and oxygen atoms in total. The molecule has 5 heteroatoms. The fraction of sp³-hybridized carbons (Fsp3) is 0.812. The van der Waals surface area contributed by atoms with Crippen LogP contribution in [0.15, 0.2) is 17.6 Å². The molecule has 1 aliphatic rings. The first-order valence-electron chi connectivity index (χ1n) is 7.90. The predicted molar refractivity (Wildman–Crippen MR) is 94.3 cm³/mol. The Kier molecular flexibility index (Phi) is 8.85. The predicted octanol–water partition coefficient (Wildman–Crippen LogP) is 2.76. The largest absolute Gasteiger partial charge is 0.381 e. The molecule has 1 N–H and O–H groups in total. The highest BCUT2D eigenvalue weighted by Crippen LogP contribution is 2.34. The molecule has 0 radical (unpaired) electrons. The van der Waals surface area contributed by atoms with Crippen molar-refractivity contribution in [3.8, 4) is 0 Å². The molecule has 122 valence electrons. The van der Waals surface area contributed by atoms with Crippen LogP contribution >= 0.6 is 11.8 Å². The van der Waals surface area contributed by atoms with Crippen molar-refractivity contribution in [3.05, 3.63) is 12.7 Å². The summed E-state index contributed by atoms with van der Waals surface area (Å²) in [6.07, 6.45) is 8.53. The number of unbranched alkanes of at least 4 members (excludes halogenated alkanes) is 1. The second kappa shape index (κ2) is 10.1. The van der Waals surface area contributed by atoms with Crippen molar-refractivity contribution in [3.63, 3.8) is 0 Å². The van der Waals surface area contributed by atoms with Gasteiger partial charge < -0.3 is 15.0 Å². The van der Waals surface area contributed by atoms with E-state index in [2.05, 4.69) is 37.0 Å². The summed E-state index contributed by atoms with van der Waals surface area (Å²) in [7, 11) is 2.11. The lowest BCUT2D eigenvalue weighted by Gasteiger charge is -2.34. The summed E-state index contributed by atoms with van der Waals surface area (Å²) in [6.45, 7) is 10.4. The van der Waals surface area contributed by atoms with Crippen LogP contribution in [0.25, 0.3) is 0 Å². The Bertz CT molecular complexity index is 327. The van der Waals surface area contributed by atoms with Gasteiger partial charge in [0.2, 0.25) is 0 Å². The van der Waals surface area contributed by atoms with Crippen LogP contribution in [0, 0.1) is 0 Å². The molecular formula is C16H31N3OS. The summed E-state index contributed by atoms with van der Waals surface area (Å²) >= 11 is 1.94. The zero-order valence-corrected chi connectivity index (χ0v) is 14.7. The van der Waals surface area contributed by atoms with Crippen molar-refractivity contribution in [1.82, 2.24) is 10.2 Å². The van der Waals surface area contributed by atoms with Gasteiger partial charge in [-0.3, -0.25) is 4.99 Å². The van der Waals surface area contributed by atoms with Gasteiger partial charge in [0.05, 0.1) is 6.54 Å². The minimum Gasteiger partial charge on any atom is -0.381 e. The minimum atomic E-state index is 0.251. The van der Waals surface area contributed by atoms with E-state index >= 15 is 0 Å². The normalized spacial score (nSPS) is 18.3. The zero-order valence-electron chi connectivity index (χ0n) is 13.9. The number of rotatable bonds is 8. The van der Waals surface area contributed by atoms with Crippen LogP contribution in [0.3, 0.4) is 0 Å². The fourth-order valence-electron chi connectivity index (χ4n) is 2.44. The van der Waals surface area contributed by atoms with E-state index in [0.717, 1.165) is 64.5 Å². The summed E-state index contributed by atoms with van der Waals surface area (Å²) in [5.41, 5.74) is 0. The number of hydrogen-bond donors (Lipinski definition) is 1. The summed E-state index contributed by atoms with van der Waals surface area (Å²) in [5.74, 6) is 1.02.